The average Bonchev–Trinajstić information content (AvgIpc) is 2.70. The van der Waals surface area contributed by atoms with Crippen molar-refractivity contribution in [2.75, 3.05) is 64.5 Å². The van der Waals surface area contributed by atoms with Gasteiger partial charge in [-0.05, 0) is 31.6 Å². The highest BCUT2D eigenvalue weighted by molar-refractivity contribution is 7.90. The normalized spacial score (nSPS) is 21.4. The molecule has 0 amide bonds. The van der Waals surface area contributed by atoms with E-state index >= 15 is 0 Å². The largest absolute Gasteiger partial charge is 0.379 e. The fourth-order valence-electron chi connectivity index (χ4n) is 4.37. The molecule has 0 atom stereocenters. The van der Waals surface area contributed by atoms with Crippen LogP contribution >= 0.6 is 0 Å². The van der Waals surface area contributed by atoms with Crippen molar-refractivity contribution in [3.8, 4) is 0 Å². The van der Waals surface area contributed by atoms with Crippen LogP contribution in [0.25, 0.3) is 0 Å². The van der Waals surface area contributed by atoms with Gasteiger partial charge in [0.2, 0.25) is 0 Å². The quantitative estimate of drug-likeness (QED) is 0.397. The summed E-state index contributed by atoms with van der Waals surface area (Å²) in [6.45, 7) is 13.5. The number of sulfone groups is 1. The van der Waals surface area contributed by atoms with Crippen LogP contribution in [-0.2, 0) is 14.6 Å². The number of morpholine rings is 1. The molecule has 0 bridgehead atoms. The molecular formula is C22H44N4O3S. The fraction of sp³-hybridized carbons (Fsp3) is 0.955. The van der Waals surface area contributed by atoms with Crippen LogP contribution in [0.4, 0.5) is 0 Å². The Hall–Kier alpha value is -0.860. The Kier molecular flexibility index (Phi) is 9.88. The van der Waals surface area contributed by atoms with Gasteiger partial charge >= 0.3 is 0 Å². The molecule has 2 N–H and O–H groups in total. The predicted octanol–water partition coefficient (Wildman–Crippen LogP) is 2.29. The zero-order chi connectivity index (χ0) is 22.1. The monoisotopic (exact) mass is 444 g/mol. The Morgan fingerprint density at radius 1 is 1.13 bits per heavy atom. The van der Waals surface area contributed by atoms with Crippen molar-refractivity contribution in [2.24, 2.45) is 15.8 Å². The van der Waals surface area contributed by atoms with Crippen molar-refractivity contribution in [1.82, 2.24) is 15.5 Å². The molecule has 1 saturated carbocycles. The number of nitrogens with one attached hydrogen (secondary N) is 2. The number of hydrogen-bond donors (Lipinski definition) is 2. The van der Waals surface area contributed by atoms with E-state index in [-0.39, 0.29) is 16.6 Å². The Bertz CT molecular complexity index is 637. The molecule has 7 nitrogen and oxygen atoms in total. The van der Waals surface area contributed by atoms with Crippen LogP contribution in [0.2, 0.25) is 0 Å². The smallest absolute Gasteiger partial charge is 0.191 e. The van der Waals surface area contributed by atoms with E-state index < -0.39 is 9.84 Å². The van der Waals surface area contributed by atoms with Crippen LogP contribution in [0.3, 0.4) is 0 Å². The maximum absolute atomic E-state index is 11.5. The van der Waals surface area contributed by atoms with E-state index in [1.54, 1.807) is 0 Å². The van der Waals surface area contributed by atoms with Crippen LogP contribution in [0, 0.1) is 10.8 Å². The van der Waals surface area contributed by atoms with Gasteiger partial charge in [-0.2, -0.15) is 0 Å². The van der Waals surface area contributed by atoms with Gasteiger partial charge in [-0.1, -0.05) is 33.1 Å². The van der Waals surface area contributed by atoms with Crippen LogP contribution in [-0.4, -0.2) is 83.8 Å². The van der Waals surface area contributed by atoms with Crippen molar-refractivity contribution in [2.45, 2.75) is 59.3 Å². The third-order valence-corrected chi connectivity index (χ3v) is 7.31. The number of ether oxygens (including phenoxy) is 1. The average molecular weight is 445 g/mol. The standard InChI is InChI=1S/C22H44N4O3S/c1-5-23-20(24-17-21(2,3)11-16-30(4,27)28)25-18-22(9-7-6-8-10-22)19-26-12-14-29-15-13-26/h5-19H2,1-4H3,(H2,23,24,25). The Morgan fingerprint density at radius 3 is 2.40 bits per heavy atom. The first-order chi connectivity index (χ1) is 14.1. The van der Waals surface area contributed by atoms with Crippen molar-refractivity contribution in [3.05, 3.63) is 0 Å². The summed E-state index contributed by atoms with van der Waals surface area (Å²) in [5.74, 6) is 1.05. The first kappa shape index (κ1) is 25.4. The zero-order valence-electron chi connectivity index (χ0n) is 19.6. The molecule has 0 unspecified atom stereocenters. The number of rotatable bonds is 10. The summed E-state index contributed by atoms with van der Waals surface area (Å²) in [4.78, 5) is 7.38. The topological polar surface area (TPSA) is 83.0 Å². The number of nitrogens with zero attached hydrogens (tertiary/aromatic N) is 2. The van der Waals surface area contributed by atoms with Gasteiger partial charge < -0.3 is 15.4 Å². The van der Waals surface area contributed by atoms with Crippen molar-refractivity contribution < 1.29 is 13.2 Å². The molecule has 0 aromatic rings. The van der Waals surface area contributed by atoms with Crippen molar-refractivity contribution >= 4 is 15.8 Å². The van der Waals surface area contributed by atoms with Crippen molar-refractivity contribution in [1.29, 1.82) is 0 Å². The lowest BCUT2D eigenvalue weighted by molar-refractivity contribution is 0.00820. The second-order valence-corrected chi connectivity index (χ2v) is 12.3. The third kappa shape index (κ3) is 9.52. The molecule has 1 aliphatic heterocycles. The predicted molar refractivity (Wildman–Crippen MR) is 125 cm³/mol. The lowest BCUT2D eigenvalue weighted by Crippen LogP contribution is -2.51. The van der Waals surface area contributed by atoms with E-state index in [9.17, 15) is 8.42 Å². The minimum absolute atomic E-state index is 0.151. The van der Waals surface area contributed by atoms with E-state index in [1.165, 1.54) is 38.4 Å². The van der Waals surface area contributed by atoms with E-state index in [1.807, 2.05) is 0 Å². The van der Waals surface area contributed by atoms with E-state index in [2.05, 4.69) is 36.3 Å². The van der Waals surface area contributed by atoms with Gasteiger partial charge in [-0.3, -0.25) is 9.89 Å². The van der Waals surface area contributed by atoms with Crippen molar-refractivity contribution in [3.63, 3.8) is 0 Å². The molecular weight excluding hydrogens is 400 g/mol. The second kappa shape index (κ2) is 11.7. The van der Waals surface area contributed by atoms with E-state index in [4.69, 9.17) is 9.73 Å². The van der Waals surface area contributed by atoms with Crippen LogP contribution < -0.4 is 10.6 Å². The van der Waals surface area contributed by atoms with Crippen LogP contribution in [0.15, 0.2) is 4.99 Å². The highest BCUT2D eigenvalue weighted by Gasteiger charge is 2.34. The molecule has 1 aliphatic carbocycles. The summed E-state index contributed by atoms with van der Waals surface area (Å²) in [6.07, 6.45) is 8.39. The first-order valence-electron chi connectivity index (χ1n) is 11.6. The molecule has 8 heteroatoms. The second-order valence-electron chi connectivity index (χ2n) is 10.0. The lowest BCUT2D eigenvalue weighted by Gasteiger charge is -2.42. The Labute approximate surface area is 184 Å². The maximum Gasteiger partial charge on any atom is 0.191 e. The molecule has 0 spiro atoms. The third-order valence-electron chi connectivity index (χ3n) is 6.37. The summed E-state index contributed by atoms with van der Waals surface area (Å²) in [7, 11) is -2.95. The van der Waals surface area contributed by atoms with E-state index in [0.29, 0.717) is 13.0 Å². The molecule has 0 aromatic carbocycles. The number of aliphatic imine (C=N–C) groups is 1. The summed E-state index contributed by atoms with van der Waals surface area (Å²) < 4.78 is 28.6. The molecule has 2 aliphatic rings. The SMILES string of the molecule is CCNC(=NCC(C)(C)CCS(C)(=O)=O)NCC1(CN2CCOCC2)CCCCC1. The van der Waals surface area contributed by atoms with Gasteiger partial charge in [-0.25, -0.2) is 8.42 Å². The maximum atomic E-state index is 11.5. The summed E-state index contributed by atoms with van der Waals surface area (Å²) in [6, 6.07) is 0. The van der Waals surface area contributed by atoms with Gasteiger partial charge in [-0.15, -0.1) is 0 Å². The molecule has 30 heavy (non-hydrogen) atoms. The van der Waals surface area contributed by atoms with E-state index in [0.717, 1.165) is 51.9 Å². The Balaban J connectivity index is 1.97. The first-order valence-corrected chi connectivity index (χ1v) is 13.7. The molecule has 2 rings (SSSR count). The fourth-order valence-corrected chi connectivity index (χ4v) is 5.30. The summed E-state index contributed by atoms with van der Waals surface area (Å²) >= 11 is 0. The molecule has 0 radical (unpaired) electrons. The molecule has 1 heterocycles. The van der Waals surface area contributed by atoms with Crippen LogP contribution in [0.5, 0.6) is 0 Å². The van der Waals surface area contributed by atoms with Gasteiger partial charge in [0.1, 0.15) is 9.84 Å². The summed E-state index contributed by atoms with van der Waals surface area (Å²) in [5.41, 5.74) is 0.138. The highest BCUT2D eigenvalue weighted by atomic mass is 32.2. The molecule has 1 saturated heterocycles. The molecule has 176 valence electrons. The number of hydrogen-bond acceptors (Lipinski definition) is 5. The van der Waals surface area contributed by atoms with Gasteiger partial charge in [0.05, 0.1) is 19.0 Å². The summed E-state index contributed by atoms with van der Waals surface area (Å²) in [5, 5.41) is 7.00. The van der Waals surface area contributed by atoms with Crippen LogP contribution in [0.1, 0.15) is 59.3 Å². The van der Waals surface area contributed by atoms with Gasteiger partial charge in [0, 0.05) is 50.9 Å². The van der Waals surface area contributed by atoms with Gasteiger partial charge in [0.25, 0.3) is 0 Å². The molecule has 2 fully saturated rings. The number of guanidine groups is 1. The minimum atomic E-state index is -2.95. The highest BCUT2D eigenvalue weighted by Crippen LogP contribution is 2.36. The minimum Gasteiger partial charge on any atom is -0.379 e. The lowest BCUT2D eigenvalue weighted by atomic mass is 9.73. The molecule has 0 aromatic heterocycles. The zero-order valence-corrected chi connectivity index (χ0v) is 20.5. The Morgan fingerprint density at radius 2 is 1.80 bits per heavy atom. The van der Waals surface area contributed by atoms with Gasteiger partial charge in [0.15, 0.2) is 5.96 Å².